The van der Waals surface area contributed by atoms with Gasteiger partial charge < -0.3 is 14.9 Å². The number of esters is 1. The molecule has 0 fully saturated rings. The molecule has 0 radical (unpaired) electrons. The van der Waals surface area contributed by atoms with Gasteiger partial charge in [-0.25, -0.2) is 14.9 Å². The Morgan fingerprint density at radius 3 is 3.00 bits per heavy atom. The zero-order chi connectivity index (χ0) is 17.1. The maximum absolute atomic E-state index is 11.6. The highest BCUT2D eigenvalue weighted by Crippen LogP contribution is 2.27. The fraction of sp³-hybridized carbons (Fsp3) is 0.0714. The molecule has 1 aliphatic rings. The van der Waals surface area contributed by atoms with Crippen molar-refractivity contribution in [3.8, 4) is 11.3 Å². The number of carbonyl (C=O) groups excluding carboxylic acids is 1. The van der Waals surface area contributed by atoms with Gasteiger partial charge in [-0.2, -0.15) is 5.10 Å². The van der Waals surface area contributed by atoms with E-state index in [0.29, 0.717) is 22.6 Å². The Bertz CT molecular complexity index is 870. The number of furan rings is 1. The van der Waals surface area contributed by atoms with Gasteiger partial charge in [-0.3, -0.25) is 0 Å². The molecule has 0 bridgehead atoms. The molecule has 0 saturated carbocycles. The first-order valence-corrected chi connectivity index (χ1v) is 6.71. The predicted molar refractivity (Wildman–Crippen MR) is 82.6 cm³/mol. The van der Waals surface area contributed by atoms with Crippen LogP contribution in [-0.2, 0) is 11.3 Å². The summed E-state index contributed by atoms with van der Waals surface area (Å²) in [5, 5.41) is 16.3. The first kappa shape index (κ1) is 15.2. The number of carbonyl (C=O) groups is 1. The molecular formula is C14H11N5O5. The fourth-order valence-electron chi connectivity index (χ4n) is 2.11. The second-order valence-electron chi connectivity index (χ2n) is 4.75. The summed E-state index contributed by atoms with van der Waals surface area (Å²) in [7, 11) is 0. The van der Waals surface area contributed by atoms with Crippen LogP contribution >= 0.6 is 0 Å². The van der Waals surface area contributed by atoms with Gasteiger partial charge in [0, 0.05) is 11.1 Å². The maximum Gasteiger partial charge on any atom is 0.338 e. The number of fused-ring (bicyclic) bond motifs is 1. The topological polar surface area (TPSA) is 145 Å². The van der Waals surface area contributed by atoms with E-state index >= 15 is 0 Å². The number of hydrogen-bond donors (Lipinski definition) is 2. The van der Waals surface area contributed by atoms with E-state index in [1.54, 1.807) is 29.7 Å². The summed E-state index contributed by atoms with van der Waals surface area (Å²) in [6.45, 7) is 0.280. The number of nitrogens with two attached hydrogens (primary N) is 1. The Morgan fingerprint density at radius 2 is 2.21 bits per heavy atom. The Morgan fingerprint density at radius 1 is 1.38 bits per heavy atom. The van der Waals surface area contributed by atoms with Crippen molar-refractivity contribution in [1.29, 1.82) is 0 Å². The number of nitrogens with zero attached hydrogens (tertiary/aromatic N) is 3. The SMILES string of the molecule is NC(=N/N=C\c1ccc(-c2ccc3c(c2)C(=O)OC3)o1)N[N+](=O)[O-]. The molecule has 0 spiro atoms. The number of hydrazine groups is 1. The van der Waals surface area contributed by atoms with Crippen LogP contribution in [0.25, 0.3) is 11.3 Å². The highest BCUT2D eigenvalue weighted by atomic mass is 16.7. The zero-order valence-electron chi connectivity index (χ0n) is 12.1. The number of hydrogen-bond acceptors (Lipinski definition) is 7. The molecule has 0 atom stereocenters. The highest BCUT2D eigenvalue weighted by molar-refractivity contribution is 5.94. The van der Waals surface area contributed by atoms with Crippen LogP contribution in [0, 0.1) is 10.1 Å². The van der Waals surface area contributed by atoms with Crippen LogP contribution < -0.4 is 11.2 Å². The lowest BCUT2D eigenvalue weighted by Gasteiger charge is -1.99. The number of benzene rings is 1. The van der Waals surface area contributed by atoms with E-state index in [1.807, 2.05) is 6.07 Å². The monoisotopic (exact) mass is 329 g/mol. The smallest absolute Gasteiger partial charge is 0.338 e. The van der Waals surface area contributed by atoms with E-state index in [-0.39, 0.29) is 12.6 Å². The quantitative estimate of drug-likeness (QED) is 0.280. The molecule has 3 rings (SSSR count). The zero-order valence-corrected chi connectivity index (χ0v) is 12.1. The number of rotatable bonds is 4. The Kier molecular flexibility index (Phi) is 3.93. The third-order valence-electron chi connectivity index (χ3n) is 3.16. The van der Waals surface area contributed by atoms with Crippen LogP contribution in [0.1, 0.15) is 21.7 Å². The van der Waals surface area contributed by atoms with Crippen molar-refractivity contribution < 1.29 is 19.0 Å². The summed E-state index contributed by atoms with van der Waals surface area (Å²) in [6.07, 6.45) is 1.25. The molecule has 10 nitrogen and oxygen atoms in total. The summed E-state index contributed by atoms with van der Waals surface area (Å²) >= 11 is 0. The van der Waals surface area contributed by atoms with Crippen molar-refractivity contribution in [3.63, 3.8) is 0 Å². The molecule has 0 amide bonds. The molecule has 0 aliphatic carbocycles. The van der Waals surface area contributed by atoms with Crippen LogP contribution in [-0.4, -0.2) is 23.2 Å². The van der Waals surface area contributed by atoms with E-state index < -0.39 is 11.0 Å². The lowest BCUT2D eigenvalue weighted by molar-refractivity contribution is -0.525. The normalized spacial score (nSPS) is 13.8. The van der Waals surface area contributed by atoms with Crippen molar-refractivity contribution in [1.82, 2.24) is 5.43 Å². The van der Waals surface area contributed by atoms with Crippen molar-refractivity contribution in [2.24, 2.45) is 15.9 Å². The van der Waals surface area contributed by atoms with Gasteiger partial charge in [-0.1, -0.05) is 17.6 Å². The lowest BCUT2D eigenvalue weighted by Crippen LogP contribution is -2.35. The number of cyclic esters (lactones) is 1. The molecule has 0 unspecified atom stereocenters. The van der Waals surface area contributed by atoms with Gasteiger partial charge in [0.05, 0.1) is 11.8 Å². The number of nitro groups is 1. The number of nitrogens with one attached hydrogen (secondary N) is 1. The first-order chi connectivity index (χ1) is 11.5. The third-order valence-corrected chi connectivity index (χ3v) is 3.16. The minimum atomic E-state index is -0.849. The average Bonchev–Trinajstić information content (AvgIpc) is 3.14. The second-order valence-corrected chi connectivity index (χ2v) is 4.75. The van der Waals surface area contributed by atoms with Gasteiger partial charge in [0.2, 0.25) is 0 Å². The van der Waals surface area contributed by atoms with Crippen LogP contribution in [0.3, 0.4) is 0 Å². The molecule has 1 aromatic carbocycles. The first-order valence-electron chi connectivity index (χ1n) is 6.71. The standard InChI is InChI=1S/C14H11N5O5/c15-14(18-19(21)22)17-16-6-10-3-4-12(24-10)8-1-2-9-7-23-13(20)11(9)5-8/h1-6H,7H2,(H3,15,17,18)/b16-6-. The van der Waals surface area contributed by atoms with Crippen molar-refractivity contribution in [2.45, 2.75) is 6.61 Å². The highest BCUT2D eigenvalue weighted by Gasteiger charge is 2.21. The van der Waals surface area contributed by atoms with Gasteiger partial charge in [0.1, 0.15) is 18.1 Å². The average molecular weight is 329 g/mol. The largest absolute Gasteiger partial charge is 0.457 e. The van der Waals surface area contributed by atoms with E-state index in [2.05, 4.69) is 10.2 Å². The van der Waals surface area contributed by atoms with E-state index in [4.69, 9.17) is 14.9 Å². The Hall–Kier alpha value is -3.69. The summed E-state index contributed by atoms with van der Waals surface area (Å²) in [5.41, 5.74) is 8.92. The van der Waals surface area contributed by atoms with Gasteiger partial charge in [-0.05, 0) is 18.2 Å². The molecular weight excluding hydrogens is 318 g/mol. The van der Waals surface area contributed by atoms with Gasteiger partial charge in [0.15, 0.2) is 5.03 Å². The van der Waals surface area contributed by atoms with Crippen molar-refractivity contribution in [3.05, 3.63) is 57.3 Å². The maximum atomic E-state index is 11.6. The molecule has 0 saturated heterocycles. The fourth-order valence-corrected chi connectivity index (χ4v) is 2.11. The summed E-state index contributed by atoms with van der Waals surface area (Å²) in [5.74, 6) is 0.0773. The second kappa shape index (κ2) is 6.20. The summed E-state index contributed by atoms with van der Waals surface area (Å²) in [6, 6.07) is 8.65. The molecule has 2 aromatic rings. The Labute approximate surface area is 134 Å². The van der Waals surface area contributed by atoms with Gasteiger partial charge in [-0.15, -0.1) is 5.10 Å². The molecule has 1 aromatic heterocycles. The van der Waals surface area contributed by atoms with Crippen LogP contribution in [0.5, 0.6) is 0 Å². The molecule has 122 valence electrons. The number of guanidine groups is 1. The van der Waals surface area contributed by atoms with E-state index in [9.17, 15) is 14.9 Å². The predicted octanol–water partition coefficient (Wildman–Crippen LogP) is 1.05. The van der Waals surface area contributed by atoms with Crippen molar-refractivity contribution in [2.75, 3.05) is 0 Å². The third kappa shape index (κ3) is 3.21. The molecule has 10 heteroatoms. The van der Waals surface area contributed by atoms with Gasteiger partial charge >= 0.3 is 5.97 Å². The molecule has 2 heterocycles. The van der Waals surface area contributed by atoms with E-state index in [1.165, 1.54) is 6.21 Å². The van der Waals surface area contributed by atoms with Gasteiger partial charge in [0.25, 0.3) is 5.96 Å². The minimum Gasteiger partial charge on any atom is -0.457 e. The Balaban J connectivity index is 1.75. The molecule has 24 heavy (non-hydrogen) atoms. The summed E-state index contributed by atoms with van der Waals surface area (Å²) < 4.78 is 10.5. The minimum absolute atomic E-state index is 0.280. The van der Waals surface area contributed by atoms with Crippen molar-refractivity contribution >= 4 is 18.1 Å². The van der Waals surface area contributed by atoms with Crippen LogP contribution in [0.15, 0.2) is 45.0 Å². The lowest BCUT2D eigenvalue weighted by atomic mass is 10.0. The number of ether oxygens (including phenoxy) is 1. The molecule has 3 N–H and O–H groups in total. The van der Waals surface area contributed by atoms with Crippen LogP contribution in [0.4, 0.5) is 0 Å². The summed E-state index contributed by atoms with van der Waals surface area (Å²) in [4.78, 5) is 21.7. The van der Waals surface area contributed by atoms with E-state index in [0.717, 1.165) is 5.56 Å². The van der Waals surface area contributed by atoms with Crippen LogP contribution in [0.2, 0.25) is 0 Å². The molecule has 1 aliphatic heterocycles.